The number of esters is 1. The second-order valence-corrected chi connectivity index (χ2v) is 8.29. The molecule has 1 aromatic rings. The molecule has 148 valence electrons. The summed E-state index contributed by atoms with van der Waals surface area (Å²) in [6, 6.07) is 2.67. The van der Waals surface area contributed by atoms with Gasteiger partial charge in [-0.3, -0.25) is 19.7 Å². The first-order chi connectivity index (χ1) is 12.8. The van der Waals surface area contributed by atoms with Crippen molar-refractivity contribution in [2.24, 2.45) is 5.92 Å². The lowest BCUT2D eigenvalue weighted by Crippen LogP contribution is -2.48. The lowest BCUT2D eigenvalue weighted by molar-refractivity contribution is -0.148. The molecule has 7 nitrogen and oxygen atoms in total. The van der Waals surface area contributed by atoms with Crippen molar-refractivity contribution in [3.8, 4) is 0 Å². The van der Waals surface area contributed by atoms with Crippen LogP contribution in [0, 0.1) is 5.92 Å². The predicted molar refractivity (Wildman–Crippen MR) is 102 cm³/mol. The van der Waals surface area contributed by atoms with E-state index in [2.05, 4.69) is 17.6 Å². The number of thiophene rings is 1. The Morgan fingerprint density at radius 1 is 1.19 bits per heavy atom. The maximum Gasteiger partial charge on any atom is 0.321 e. The van der Waals surface area contributed by atoms with E-state index in [0.717, 1.165) is 37.0 Å². The van der Waals surface area contributed by atoms with E-state index in [4.69, 9.17) is 16.3 Å². The van der Waals surface area contributed by atoms with Gasteiger partial charge in [0.05, 0.1) is 15.6 Å². The number of rotatable bonds is 7. The summed E-state index contributed by atoms with van der Waals surface area (Å²) >= 11 is 6.90. The Labute approximate surface area is 166 Å². The van der Waals surface area contributed by atoms with Gasteiger partial charge in [-0.2, -0.15) is 0 Å². The molecule has 2 N–H and O–H groups in total. The minimum atomic E-state index is -0.708. The van der Waals surface area contributed by atoms with Crippen LogP contribution in [0.25, 0.3) is 0 Å². The van der Waals surface area contributed by atoms with E-state index in [1.54, 1.807) is 12.1 Å². The zero-order valence-electron chi connectivity index (χ0n) is 15.1. The van der Waals surface area contributed by atoms with E-state index in [-0.39, 0.29) is 24.7 Å². The number of imide groups is 1. The Bertz CT molecular complexity index is 706. The van der Waals surface area contributed by atoms with E-state index in [9.17, 15) is 19.2 Å². The molecule has 3 amide bonds. The molecule has 1 saturated carbocycles. The summed E-state index contributed by atoms with van der Waals surface area (Å²) in [5, 5.41) is 4.93. The molecule has 0 spiro atoms. The standard InChI is InChI=1S/C18H23ClN2O5S/c1-11-4-2-3-5-12(11)20-18(25)21-16(23)10-26-17(24)9-6-13(22)14-7-8-15(19)27-14/h7-8,11-12H,2-6,9-10H2,1H3,(H2,20,21,23,25)/t11-,12+/m0/s1. The van der Waals surface area contributed by atoms with E-state index in [1.807, 2.05) is 0 Å². The monoisotopic (exact) mass is 414 g/mol. The molecule has 9 heteroatoms. The summed E-state index contributed by atoms with van der Waals surface area (Å²) in [7, 11) is 0. The van der Waals surface area contributed by atoms with Crippen molar-refractivity contribution in [3.05, 3.63) is 21.3 Å². The molecule has 0 saturated heterocycles. The highest BCUT2D eigenvalue weighted by Crippen LogP contribution is 2.24. The number of Topliss-reactive ketones (excluding diaryl/α,β-unsaturated/α-hetero) is 1. The number of ketones is 1. The smallest absolute Gasteiger partial charge is 0.321 e. The van der Waals surface area contributed by atoms with Crippen LogP contribution in [0.4, 0.5) is 4.79 Å². The molecule has 1 aliphatic carbocycles. The van der Waals surface area contributed by atoms with Crippen molar-refractivity contribution in [3.63, 3.8) is 0 Å². The molecule has 2 rings (SSSR count). The highest BCUT2D eigenvalue weighted by molar-refractivity contribution is 7.18. The van der Waals surface area contributed by atoms with E-state index in [1.165, 1.54) is 0 Å². The molecule has 0 bridgehead atoms. The third kappa shape index (κ3) is 7.30. The SMILES string of the molecule is C[C@H]1CCCC[C@H]1NC(=O)NC(=O)COC(=O)CCC(=O)c1ccc(Cl)s1. The first-order valence-electron chi connectivity index (χ1n) is 8.89. The summed E-state index contributed by atoms with van der Waals surface area (Å²) in [4.78, 5) is 47.6. The van der Waals surface area contributed by atoms with E-state index < -0.39 is 24.5 Å². The number of amides is 3. The lowest BCUT2D eigenvalue weighted by Gasteiger charge is -2.29. The van der Waals surface area contributed by atoms with Gasteiger partial charge < -0.3 is 10.1 Å². The third-order valence-electron chi connectivity index (χ3n) is 4.45. The summed E-state index contributed by atoms with van der Waals surface area (Å²) in [6.07, 6.45) is 3.97. The number of urea groups is 1. The number of carbonyl (C=O) groups is 4. The molecular formula is C18H23ClN2O5S. The lowest BCUT2D eigenvalue weighted by atomic mass is 9.86. The average molecular weight is 415 g/mol. The Morgan fingerprint density at radius 3 is 2.59 bits per heavy atom. The normalized spacial score (nSPS) is 19.2. The van der Waals surface area contributed by atoms with Gasteiger partial charge in [0, 0.05) is 12.5 Å². The minimum absolute atomic E-state index is 0.0304. The van der Waals surface area contributed by atoms with Crippen molar-refractivity contribution < 1.29 is 23.9 Å². The van der Waals surface area contributed by atoms with Crippen LogP contribution in [-0.4, -0.2) is 36.3 Å². The fourth-order valence-electron chi connectivity index (χ4n) is 2.92. The van der Waals surface area contributed by atoms with Crippen molar-refractivity contribution in [2.45, 2.75) is 51.5 Å². The van der Waals surface area contributed by atoms with Crippen LogP contribution in [0.2, 0.25) is 4.34 Å². The van der Waals surface area contributed by atoms with Crippen LogP contribution >= 0.6 is 22.9 Å². The first-order valence-corrected chi connectivity index (χ1v) is 10.1. The van der Waals surface area contributed by atoms with Crippen LogP contribution in [-0.2, 0) is 14.3 Å². The molecule has 1 fully saturated rings. The molecule has 0 unspecified atom stereocenters. The maximum atomic E-state index is 11.9. The van der Waals surface area contributed by atoms with E-state index in [0.29, 0.717) is 15.1 Å². The summed E-state index contributed by atoms with van der Waals surface area (Å²) in [5.41, 5.74) is 0. The third-order valence-corrected chi connectivity index (χ3v) is 5.72. The highest BCUT2D eigenvalue weighted by Gasteiger charge is 2.23. The summed E-state index contributed by atoms with van der Waals surface area (Å²) < 4.78 is 5.30. The minimum Gasteiger partial charge on any atom is -0.456 e. The number of carbonyl (C=O) groups excluding carboxylic acids is 4. The molecule has 0 aliphatic heterocycles. The molecule has 0 aromatic carbocycles. The van der Waals surface area contributed by atoms with Gasteiger partial charge in [-0.25, -0.2) is 4.79 Å². The second kappa shape index (κ2) is 10.4. The molecule has 2 atom stereocenters. The summed E-state index contributed by atoms with van der Waals surface area (Å²) in [5.74, 6) is -1.23. The quantitative estimate of drug-likeness (QED) is 0.526. The first kappa shape index (κ1) is 21.4. The van der Waals surface area contributed by atoms with Gasteiger partial charge in [0.1, 0.15) is 0 Å². The number of ether oxygens (including phenoxy) is 1. The second-order valence-electron chi connectivity index (χ2n) is 6.58. The zero-order valence-corrected chi connectivity index (χ0v) is 16.7. The van der Waals surface area contributed by atoms with Crippen LogP contribution in [0.5, 0.6) is 0 Å². The molecular weight excluding hydrogens is 392 g/mol. The molecule has 0 radical (unpaired) electrons. The fourth-order valence-corrected chi connectivity index (χ4v) is 3.93. The average Bonchev–Trinajstić information content (AvgIpc) is 3.06. The maximum absolute atomic E-state index is 11.9. The largest absolute Gasteiger partial charge is 0.456 e. The topological polar surface area (TPSA) is 102 Å². The van der Waals surface area contributed by atoms with Crippen molar-refractivity contribution in [1.82, 2.24) is 10.6 Å². The molecule has 1 aromatic heterocycles. The van der Waals surface area contributed by atoms with Crippen LogP contribution in [0.1, 0.15) is 55.1 Å². The Balaban J connectivity index is 1.63. The zero-order chi connectivity index (χ0) is 19.8. The van der Waals surface area contributed by atoms with Crippen LogP contribution in [0.3, 0.4) is 0 Å². The molecule has 1 aliphatic rings. The Morgan fingerprint density at radius 2 is 1.93 bits per heavy atom. The van der Waals surface area contributed by atoms with Crippen LogP contribution < -0.4 is 10.6 Å². The Kier molecular flexibility index (Phi) is 8.24. The summed E-state index contributed by atoms with van der Waals surface area (Å²) in [6.45, 7) is 1.50. The van der Waals surface area contributed by atoms with Crippen molar-refractivity contribution >= 4 is 46.6 Å². The van der Waals surface area contributed by atoms with Gasteiger partial charge in [-0.15, -0.1) is 11.3 Å². The highest BCUT2D eigenvalue weighted by atomic mass is 35.5. The van der Waals surface area contributed by atoms with Crippen molar-refractivity contribution in [2.75, 3.05) is 6.61 Å². The van der Waals surface area contributed by atoms with E-state index >= 15 is 0 Å². The van der Waals surface area contributed by atoms with Gasteiger partial charge in [-0.05, 0) is 30.9 Å². The number of halogens is 1. The van der Waals surface area contributed by atoms with Gasteiger partial charge in [0.25, 0.3) is 5.91 Å². The van der Waals surface area contributed by atoms with Gasteiger partial charge >= 0.3 is 12.0 Å². The van der Waals surface area contributed by atoms with Gasteiger partial charge in [0.15, 0.2) is 12.4 Å². The predicted octanol–water partition coefficient (Wildman–Crippen LogP) is 3.31. The van der Waals surface area contributed by atoms with Gasteiger partial charge in [0.2, 0.25) is 0 Å². The number of hydrogen-bond acceptors (Lipinski definition) is 6. The number of hydrogen-bond donors (Lipinski definition) is 2. The Hall–Kier alpha value is -1.93. The van der Waals surface area contributed by atoms with Crippen LogP contribution in [0.15, 0.2) is 12.1 Å². The molecule has 27 heavy (non-hydrogen) atoms. The van der Waals surface area contributed by atoms with Crippen molar-refractivity contribution in [1.29, 1.82) is 0 Å². The molecule has 1 heterocycles. The fraction of sp³-hybridized carbons (Fsp3) is 0.556. The van der Waals surface area contributed by atoms with Gasteiger partial charge in [-0.1, -0.05) is 31.4 Å². The number of nitrogens with one attached hydrogen (secondary N) is 2.